The van der Waals surface area contributed by atoms with Gasteiger partial charge in [0.15, 0.2) is 0 Å². The molecule has 12 rings (SSSR count). The topological polar surface area (TPSA) is 234 Å². The highest BCUT2D eigenvalue weighted by atomic mass is 19.3. The molecule has 0 unspecified atom stereocenters. The van der Waals surface area contributed by atoms with Crippen LogP contribution in [0.2, 0.25) is 0 Å². The van der Waals surface area contributed by atoms with Gasteiger partial charge in [0.1, 0.15) is 48.1 Å². The van der Waals surface area contributed by atoms with Gasteiger partial charge in [0.25, 0.3) is 0 Å². The Bertz CT molecular complexity index is 4420. The van der Waals surface area contributed by atoms with Gasteiger partial charge >= 0.3 is 25.0 Å². The molecule has 0 spiro atoms. The second-order valence-corrected chi connectivity index (χ2v) is 20.9. The van der Waals surface area contributed by atoms with Crippen LogP contribution in [0, 0.1) is 23.3 Å². The number of aromatic nitrogens is 12. The van der Waals surface area contributed by atoms with E-state index in [2.05, 4.69) is 40.1 Å². The number of carbonyl (C=O) groups is 2. The number of ether oxygens (including phenoxy) is 4. The zero-order valence-electron chi connectivity index (χ0n) is 49.6. The van der Waals surface area contributed by atoms with Gasteiger partial charge < -0.3 is 38.3 Å². The van der Waals surface area contributed by atoms with Crippen LogP contribution >= 0.6 is 0 Å². The van der Waals surface area contributed by atoms with E-state index in [9.17, 15) is 37.4 Å². The molecule has 8 aromatic heterocycles. The number of benzene rings is 4. The molecule has 0 atom stereocenters. The highest BCUT2D eigenvalue weighted by Gasteiger charge is 2.22. The molecular weight excluding hydrogens is 1240 g/mol. The number of imidazole rings is 2. The molecule has 94 heavy (non-hydrogen) atoms. The number of carboxylic acids is 2. The van der Waals surface area contributed by atoms with Crippen molar-refractivity contribution >= 4 is 34.0 Å². The van der Waals surface area contributed by atoms with Crippen molar-refractivity contribution in [1.29, 1.82) is 0 Å². The van der Waals surface area contributed by atoms with Gasteiger partial charge in [0.2, 0.25) is 11.8 Å². The van der Waals surface area contributed by atoms with Crippen LogP contribution in [-0.2, 0) is 48.6 Å². The predicted octanol–water partition coefficient (Wildman–Crippen LogP) is 13.1. The first-order valence-electron chi connectivity index (χ1n) is 28.5. The maximum atomic E-state index is 15.5. The molecular formula is C66H52F8N12O8. The van der Waals surface area contributed by atoms with Gasteiger partial charge in [-0.15, -0.1) is 0 Å². The van der Waals surface area contributed by atoms with E-state index in [-0.39, 0.29) is 82.6 Å². The van der Waals surface area contributed by atoms with E-state index < -0.39 is 48.3 Å². The summed E-state index contributed by atoms with van der Waals surface area (Å²) in [5.41, 5.74) is 5.72. The summed E-state index contributed by atoms with van der Waals surface area (Å²) in [7, 11) is 3.05. The van der Waals surface area contributed by atoms with Crippen LogP contribution in [-0.4, -0.2) is 108 Å². The normalized spacial score (nSPS) is 11.4. The zero-order chi connectivity index (χ0) is 66.2. The summed E-state index contributed by atoms with van der Waals surface area (Å²) >= 11 is 0. The van der Waals surface area contributed by atoms with E-state index >= 15 is 17.6 Å². The molecule has 0 saturated carbocycles. The Morgan fingerprint density at radius 1 is 0.489 bits per heavy atom. The standard InChI is InChI=1S/2C33H26F4N6O4/c2*1-46-10-9-42-29-12-20(32(44)45)6-8-28(29)40-30(42)13-21-11-25(35)23(14-24(21)34)27-3-2-4-31(41-27)47-18-19-5-7-26(38-15-19)22-16-39-43(17-22)33(36)37/h2*2-8,11-12,14-17,33H,9-10,13,18H2,1H3,(H,44,45). The van der Waals surface area contributed by atoms with Crippen molar-refractivity contribution in [3.05, 3.63) is 227 Å². The number of carboxylic acid groups (broad SMARTS) is 2. The molecule has 8 heterocycles. The number of hydrogen-bond donors (Lipinski definition) is 2. The third-order valence-corrected chi connectivity index (χ3v) is 14.8. The lowest BCUT2D eigenvalue weighted by molar-refractivity contribution is 0.0562. The molecule has 0 aliphatic carbocycles. The lowest BCUT2D eigenvalue weighted by atomic mass is 10.0. The first kappa shape index (κ1) is 64.3. The lowest BCUT2D eigenvalue weighted by Gasteiger charge is -2.12. The van der Waals surface area contributed by atoms with Gasteiger partial charge in [0.05, 0.1) is 81.6 Å². The van der Waals surface area contributed by atoms with Crippen molar-refractivity contribution in [2.45, 2.75) is 52.2 Å². The van der Waals surface area contributed by atoms with E-state index in [4.69, 9.17) is 18.9 Å². The average molecular weight is 1290 g/mol. The number of pyridine rings is 4. The quantitative estimate of drug-likeness (QED) is 0.0535. The fourth-order valence-corrected chi connectivity index (χ4v) is 10.0. The van der Waals surface area contributed by atoms with Crippen molar-refractivity contribution < 1.29 is 73.9 Å². The molecule has 0 fully saturated rings. The first-order valence-corrected chi connectivity index (χ1v) is 28.5. The van der Waals surface area contributed by atoms with Gasteiger partial charge in [-0.1, -0.05) is 24.3 Å². The van der Waals surface area contributed by atoms with E-state index in [1.165, 1.54) is 87.8 Å². The monoisotopic (exact) mass is 1290 g/mol. The van der Waals surface area contributed by atoms with Crippen LogP contribution in [0.4, 0.5) is 35.1 Å². The first-order chi connectivity index (χ1) is 45.4. The van der Waals surface area contributed by atoms with Crippen molar-refractivity contribution in [1.82, 2.24) is 58.6 Å². The summed E-state index contributed by atoms with van der Waals surface area (Å²) in [5, 5.41) is 26.0. The molecule has 12 aromatic rings. The third kappa shape index (κ3) is 14.7. The van der Waals surface area contributed by atoms with Crippen molar-refractivity contribution in [2.24, 2.45) is 0 Å². The number of hydrogen-bond acceptors (Lipinski definition) is 14. The van der Waals surface area contributed by atoms with Crippen molar-refractivity contribution in [2.75, 3.05) is 27.4 Å². The molecule has 0 saturated heterocycles. The average Bonchev–Trinajstić information content (AvgIpc) is 1.74. The Kier molecular flexibility index (Phi) is 19.5. The van der Waals surface area contributed by atoms with Crippen molar-refractivity contribution in [3.63, 3.8) is 0 Å². The smallest absolute Gasteiger partial charge is 0.335 e. The SMILES string of the molecule is COCCn1c(Cc2cc(F)c(-c3cccc(OCc4ccc(-c5cnn(C(F)F)c5)nc4)n3)cc2F)nc2ccc(C(=O)O)cc21.COCCn1c(Cc2cc(F)c(-c3cccc(OCc4ccc(-c5cnn(C(F)F)c5)nc4)n3)cc2F)nc2ccc(C(=O)O)cc21. The summed E-state index contributed by atoms with van der Waals surface area (Å²) in [4.78, 5) is 49.4. The Hall–Kier alpha value is -11.3. The van der Waals surface area contributed by atoms with Crippen LogP contribution in [0.15, 0.2) is 159 Å². The van der Waals surface area contributed by atoms with Crippen LogP contribution in [0.5, 0.6) is 11.8 Å². The minimum absolute atomic E-state index is 0.0538. The number of nitrogens with zero attached hydrogens (tertiary/aromatic N) is 12. The summed E-state index contributed by atoms with van der Waals surface area (Å²) < 4.78 is 140. The van der Waals surface area contributed by atoms with E-state index in [1.54, 1.807) is 69.8 Å². The third-order valence-electron chi connectivity index (χ3n) is 14.8. The van der Waals surface area contributed by atoms with Crippen LogP contribution in [0.25, 0.3) is 67.1 Å². The molecule has 2 N–H and O–H groups in total. The summed E-state index contributed by atoms with van der Waals surface area (Å²) in [6, 6.07) is 29.5. The van der Waals surface area contributed by atoms with Gasteiger partial charge in [-0.05, 0) is 96.1 Å². The Morgan fingerprint density at radius 3 is 1.28 bits per heavy atom. The molecule has 0 aliphatic rings. The highest BCUT2D eigenvalue weighted by Crippen LogP contribution is 2.32. The largest absolute Gasteiger partial charge is 0.478 e. The fraction of sp³-hybridized carbons (Fsp3) is 0.182. The number of aromatic carboxylic acids is 2. The van der Waals surface area contributed by atoms with E-state index in [1.807, 2.05) is 0 Å². The van der Waals surface area contributed by atoms with Crippen LogP contribution in [0.3, 0.4) is 0 Å². The van der Waals surface area contributed by atoms with E-state index in [0.717, 1.165) is 24.3 Å². The van der Waals surface area contributed by atoms with Gasteiger partial charge in [-0.3, -0.25) is 9.97 Å². The number of halogens is 8. The lowest BCUT2D eigenvalue weighted by Crippen LogP contribution is -2.10. The number of methoxy groups -OCH3 is 2. The predicted molar refractivity (Wildman–Crippen MR) is 324 cm³/mol. The zero-order valence-corrected chi connectivity index (χ0v) is 49.6. The second kappa shape index (κ2) is 28.5. The number of rotatable bonds is 24. The van der Waals surface area contributed by atoms with Gasteiger partial charge in [-0.25, -0.2) is 56.5 Å². The van der Waals surface area contributed by atoms with Crippen LogP contribution < -0.4 is 9.47 Å². The summed E-state index contributed by atoms with van der Waals surface area (Å²) in [5.74, 6) is -3.74. The maximum Gasteiger partial charge on any atom is 0.335 e. The Morgan fingerprint density at radius 2 is 0.915 bits per heavy atom. The van der Waals surface area contributed by atoms with Gasteiger partial charge in [-0.2, -0.15) is 27.8 Å². The molecule has 0 bridgehead atoms. The maximum absolute atomic E-state index is 15.5. The molecule has 28 heteroatoms. The minimum atomic E-state index is -2.75. The van der Waals surface area contributed by atoms with Gasteiger partial charge in [0, 0.05) is 110 Å². The van der Waals surface area contributed by atoms with Crippen molar-refractivity contribution in [3.8, 4) is 56.8 Å². The Balaban J connectivity index is 0.000000192. The number of fused-ring (bicyclic) bond motifs is 2. The fourth-order valence-electron chi connectivity index (χ4n) is 10.0. The summed E-state index contributed by atoms with van der Waals surface area (Å²) in [6.45, 7) is -4.11. The van der Waals surface area contributed by atoms with E-state index in [0.29, 0.717) is 103 Å². The number of alkyl halides is 4. The van der Waals surface area contributed by atoms with Crippen LogP contribution in [0.1, 0.15) is 67.7 Å². The molecule has 480 valence electrons. The molecule has 0 radical (unpaired) electrons. The highest BCUT2D eigenvalue weighted by molar-refractivity contribution is 5.93. The second-order valence-electron chi connectivity index (χ2n) is 20.9. The molecule has 4 aromatic carbocycles. The molecule has 20 nitrogen and oxygen atoms in total. The Labute approximate surface area is 527 Å². The summed E-state index contributed by atoms with van der Waals surface area (Å²) in [6.07, 6.45) is 7.95. The molecule has 0 aliphatic heterocycles. The molecule has 0 amide bonds. The minimum Gasteiger partial charge on any atom is -0.478 e.